The van der Waals surface area contributed by atoms with Crippen molar-refractivity contribution in [2.75, 3.05) is 0 Å². The van der Waals surface area contributed by atoms with Crippen LogP contribution in [0.15, 0.2) is 221 Å². The first-order valence-corrected chi connectivity index (χ1v) is 24.5. The largest absolute Gasteiger partial charge is 0.456 e. The summed E-state index contributed by atoms with van der Waals surface area (Å²) in [6.07, 6.45) is 0. The van der Waals surface area contributed by atoms with E-state index in [9.17, 15) is 0 Å². The van der Waals surface area contributed by atoms with Crippen LogP contribution in [0.2, 0.25) is 0 Å². The summed E-state index contributed by atoms with van der Waals surface area (Å²) >= 11 is 1.79. The molecule has 14 aromatic rings. The first-order chi connectivity index (χ1) is 34.7. The number of fused-ring (bicyclic) bond motifs is 19. The van der Waals surface area contributed by atoms with Crippen LogP contribution in [0.4, 0.5) is 0 Å². The lowest BCUT2D eigenvalue weighted by molar-refractivity contribution is 0.668. The molecule has 16 rings (SSSR count). The molecule has 0 fully saturated rings. The Labute approximate surface area is 404 Å². The van der Waals surface area contributed by atoms with E-state index in [0.29, 0.717) is 17.5 Å². The van der Waals surface area contributed by atoms with Gasteiger partial charge in [-0.1, -0.05) is 164 Å². The predicted molar refractivity (Wildman–Crippen MR) is 285 cm³/mol. The highest BCUT2D eigenvalue weighted by Crippen LogP contribution is 2.64. The first kappa shape index (κ1) is 38.0. The number of nitrogens with zero attached hydrogens (tertiary/aromatic N) is 3. The molecule has 1 spiro atoms. The van der Waals surface area contributed by atoms with Crippen molar-refractivity contribution in [2.24, 2.45) is 0 Å². The Morgan fingerprint density at radius 3 is 1.61 bits per heavy atom. The molecule has 70 heavy (non-hydrogen) atoms. The zero-order chi connectivity index (χ0) is 45.7. The van der Waals surface area contributed by atoms with Gasteiger partial charge in [-0.05, 0) is 104 Å². The van der Waals surface area contributed by atoms with E-state index < -0.39 is 5.41 Å². The van der Waals surface area contributed by atoms with Crippen LogP contribution in [0.25, 0.3) is 132 Å². The summed E-state index contributed by atoms with van der Waals surface area (Å²) in [5.41, 5.74) is 18.0. The lowest BCUT2D eigenvalue weighted by atomic mass is 9.68. The minimum Gasteiger partial charge on any atom is -0.456 e. The van der Waals surface area contributed by atoms with Crippen LogP contribution in [0.1, 0.15) is 22.3 Å². The van der Waals surface area contributed by atoms with Crippen molar-refractivity contribution in [3.63, 3.8) is 0 Å². The SMILES string of the molecule is c1ccc2c(c1)-c1ccccc1C21c2ccccc2-c2cccc(-c3ccc4oc5cccc(-c6nc(-c7ccc8c(c7)oc7ccccc78)nc(-c7cccc8sc9ccccc9c78)n6)c5c4c3)c21. The summed E-state index contributed by atoms with van der Waals surface area (Å²) < 4.78 is 15.6. The van der Waals surface area contributed by atoms with Gasteiger partial charge in [0.05, 0.1) is 5.41 Å². The minimum absolute atomic E-state index is 0.492. The monoisotopic (exact) mass is 909 g/mol. The van der Waals surface area contributed by atoms with Gasteiger partial charge in [0.15, 0.2) is 17.5 Å². The molecule has 2 aliphatic rings. The molecule has 0 unspecified atom stereocenters. The number of furan rings is 2. The van der Waals surface area contributed by atoms with E-state index in [0.717, 1.165) is 71.5 Å². The Balaban J connectivity index is 0.936. The van der Waals surface area contributed by atoms with E-state index in [-0.39, 0.29) is 0 Å². The van der Waals surface area contributed by atoms with Gasteiger partial charge in [0.25, 0.3) is 0 Å². The van der Waals surface area contributed by atoms with E-state index in [4.69, 9.17) is 23.8 Å². The predicted octanol–water partition coefficient (Wildman–Crippen LogP) is 17.0. The molecular weight excluding hydrogens is 875 g/mol. The number of benzene rings is 10. The molecule has 4 aromatic heterocycles. The fourth-order valence-electron chi connectivity index (χ4n) is 12.1. The maximum Gasteiger partial charge on any atom is 0.164 e. The third-order valence-electron chi connectivity index (χ3n) is 15.0. The Bertz CT molecular complexity index is 4510. The van der Waals surface area contributed by atoms with Crippen molar-refractivity contribution in [1.29, 1.82) is 0 Å². The maximum atomic E-state index is 6.76. The van der Waals surface area contributed by atoms with E-state index in [1.807, 2.05) is 30.3 Å². The molecule has 0 saturated heterocycles. The van der Waals surface area contributed by atoms with Gasteiger partial charge in [-0.25, -0.2) is 15.0 Å². The van der Waals surface area contributed by atoms with Crippen LogP contribution < -0.4 is 0 Å². The Morgan fingerprint density at radius 1 is 0.314 bits per heavy atom. The Hall–Kier alpha value is -8.97. The van der Waals surface area contributed by atoms with Gasteiger partial charge >= 0.3 is 0 Å². The normalized spacial score (nSPS) is 13.3. The summed E-state index contributed by atoms with van der Waals surface area (Å²) in [6, 6.07) is 76.1. The number of hydrogen-bond donors (Lipinski definition) is 0. The zero-order valence-electron chi connectivity index (χ0n) is 37.3. The van der Waals surface area contributed by atoms with Crippen molar-refractivity contribution in [3.8, 4) is 67.5 Å². The number of hydrogen-bond acceptors (Lipinski definition) is 6. The van der Waals surface area contributed by atoms with Crippen molar-refractivity contribution in [1.82, 2.24) is 15.0 Å². The molecule has 6 heteroatoms. The van der Waals surface area contributed by atoms with Gasteiger partial charge < -0.3 is 8.83 Å². The molecule has 2 aliphatic carbocycles. The van der Waals surface area contributed by atoms with E-state index in [2.05, 4.69) is 182 Å². The standard InChI is InChI=1S/C64H35N3O2S/c1-6-23-49-39(14-1)40-15-2-7-24-50(40)64(49)51-25-8-3-16-41(51)44-20-11-19-38(60(44)64)36-31-33-53-48(34-36)58-46(21-12-27-54(58)68-53)62-65-61(37-30-32-43-42-17-4-9-26-52(42)69-55(43)35-37)66-63(67-62)47-22-13-29-57-59(47)45-18-5-10-28-56(45)70-57/h1-35H. The molecule has 5 nitrogen and oxygen atoms in total. The third-order valence-corrected chi connectivity index (χ3v) is 16.1. The molecule has 324 valence electrons. The van der Waals surface area contributed by atoms with Gasteiger partial charge in [-0.2, -0.15) is 0 Å². The Kier molecular flexibility index (Phi) is 7.63. The molecule has 0 N–H and O–H groups in total. The van der Waals surface area contributed by atoms with Crippen molar-refractivity contribution in [3.05, 3.63) is 235 Å². The average molecular weight is 910 g/mol. The van der Waals surface area contributed by atoms with Gasteiger partial charge in [-0.3, -0.25) is 0 Å². The molecular formula is C64H35N3O2S. The highest BCUT2D eigenvalue weighted by molar-refractivity contribution is 7.25. The van der Waals surface area contributed by atoms with Crippen molar-refractivity contribution < 1.29 is 8.83 Å². The fraction of sp³-hybridized carbons (Fsp3) is 0.0156. The fourth-order valence-corrected chi connectivity index (χ4v) is 13.3. The van der Waals surface area contributed by atoms with E-state index in [1.165, 1.54) is 64.9 Å². The second-order valence-electron chi connectivity index (χ2n) is 18.5. The van der Waals surface area contributed by atoms with Gasteiger partial charge in [-0.15, -0.1) is 11.3 Å². The minimum atomic E-state index is -0.492. The van der Waals surface area contributed by atoms with Crippen molar-refractivity contribution in [2.45, 2.75) is 5.41 Å². The van der Waals surface area contributed by atoms with E-state index >= 15 is 0 Å². The first-order valence-electron chi connectivity index (χ1n) is 23.7. The van der Waals surface area contributed by atoms with Gasteiger partial charge in [0, 0.05) is 58.4 Å². The molecule has 0 aliphatic heterocycles. The van der Waals surface area contributed by atoms with E-state index in [1.54, 1.807) is 11.3 Å². The highest BCUT2D eigenvalue weighted by atomic mass is 32.1. The third kappa shape index (κ3) is 5.07. The molecule has 0 bridgehead atoms. The molecule has 0 amide bonds. The summed E-state index contributed by atoms with van der Waals surface area (Å²) in [5, 5.41) is 6.40. The molecule has 0 radical (unpaired) electrons. The van der Waals surface area contributed by atoms with Crippen LogP contribution in [0.5, 0.6) is 0 Å². The average Bonchev–Trinajstić information content (AvgIpc) is 4.24. The number of rotatable bonds is 4. The van der Waals surface area contributed by atoms with Crippen LogP contribution in [-0.2, 0) is 5.41 Å². The zero-order valence-corrected chi connectivity index (χ0v) is 38.1. The van der Waals surface area contributed by atoms with Crippen LogP contribution in [0, 0.1) is 0 Å². The second-order valence-corrected chi connectivity index (χ2v) is 19.6. The highest BCUT2D eigenvalue weighted by Gasteiger charge is 2.52. The Morgan fingerprint density at radius 2 is 0.829 bits per heavy atom. The summed E-state index contributed by atoms with van der Waals surface area (Å²) in [7, 11) is 0. The molecule has 4 heterocycles. The van der Waals surface area contributed by atoms with Crippen LogP contribution in [-0.4, -0.2) is 15.0 Å². The van der Waals surface area contributed by atoms with Gasteiger partial charge in [0.1, 0.15) is 22.3 Å². The topological polar surface area (TPSA) is 65.0 Å². The molecule has 0 saturated carbocycles. The smallest absolute Gasteiger partial charge is 0.164 e. The van der Waals surface area contributed by atoms with Gasteiger partial charge in [0.2, 0.25) is 0 Å². The molecule has 0 atom stereocenters. The van der Waals surface area contributed by atoms with Crippen LogP contribution in [0.3, 0.4) is 0 Å². The number of para-hydroxylation sites is 1. The lowest BCUT2D eigenvalue weighted by Crippen LogP contribution is -2.26. The maximum absolute atomic E-state index is 6.76. The second kappa shape index (κ2) is 14.0. The summed E-state index contributed by atoms with van der Waals surface area (Å²) in [6.45, 7) is 0. The number of thiophene rings is 1. The number of aromatic nitrogens is 3. The molecule has 10 aromatic carbocycles. The van der Waals surface area contributed by atoms with Crippen molar-refractivity contribution >= 4 is 75.4 Å². The lowest BCUT2D eigenvalue weighted by Gasteiger charge is -2.32. The quantitative estimate of drug-likeness (QED) is 0.176. The summed E-state index contributed by atoms with van der Waals surface area (Å²) in [4.78, 5) is 16.1. The summed E-state index contributed by atoms with van der Waals surface area (Å²) in [5.74, 6) is 1.73. The van der Waals surface area contributed by atoms with Crippen LogP contribution >= 0.6 is 11.3 Å².